The van der Waals surface area contributed by atoms with E-state index >= 15 is 0 Å². The van der Waals surface area contributed by atoms with Gasteiger partial charge in [-0.2, -0.15) is 0 Å². The van der Waals surface area contributed by atoms with Gasteiger partial charge < -0.3 is 9.15 Å². The monoisotopic (exact) mass is 224 g/mol. The molecule has 88 valence electrons. The number of ether oxygens (including phenoxy) is 1. The second-order valence-electron chi connectivity index (χ2n) is 3.30. The van der Waals surface area contributed by atoms with E-state index in [1.165, 1.54) is 0 Å². The number of carbonyl (C=O) groups excluding carboxylic acids is 1. The minimum absolute atomic E-state index is 0.197. The van der Waals surface area contributed by atoms with Gasteiger partial charge in [-0.25, -0.2) is 5.84 Å². The number of nitrogen functional groups attached to an aromatic ring is 1. The maximum atomic E-state index is 11.2. The summed E-state index contributed by atoms with van der Waals surface area (Å²) in [5, 5.41) is 0. The summed E-state index contributed by atoms with van der Waals surface area (Å²) in [6.07, 6.45) is 2.59. The summed E-state index contributed by atoms with van der Waals surface area (Å²) in [5.74, 6) is 5.42. The Morgan fingerprint density at radius 1 is 1.75 bits per heavy atom. The molecule has 0 atom stereocenters. The van der Waals surface area contributed by atoms with Crippen LogP contribution >= 0.6 is 0 Å². The molecule has 1 aromatic heterocycles. The average Bonchev–Trinajstić information content (AvgIpc) is 2.65. The molecule has 0 aliphatic heterocycles. The third-order valence-corrected chi connectivity index (χ3v) is 2.10. The Morgan fingerprint density at radius 3 is 3.12 bits per heavy atom. The summed E-state index contributed by atoms with van der Waals surface area (Å²) in [6.45, 7) is 6.39. The molecule has 1 heterocycles. The lowest BCUT2D eigenvalue weighted by atomic mass is 10.2. The number of nitrogens with two attached hydrogens (primary N) is 1. The molecule has 0 aliphatic rings. The maximum absolute atomic E-state index is 11.2. The predicted molar refractivity (Wildman–Crippen MR) is 59.6 cm³/mol. The lowest BCUT2D eigenvalue weighted by Gasteiger charge is -1.99. The van der Waals surface area contributed by atoms with Gasteiger partial charge in [0.15, 0.2) is 5.76 Å². The molecule has 1 amide bonds. The van der Waals surface area contributed by atoms with Crippen LogP contribution in [0.15, 0.2) is 23.1 Å². The van der Waals surface area contributed by atoms with E-state index in [0.29, 0.717) is 19.0 Å². The van der Waals surface area contributed by atoms with Gasteiger partial charge in [-0.1, -0.05) is 6.08 Å². The van der Waals surface area contributed by atoms with Crippen LogP contribution in [0.5, 0.6) is 0 Å². The van der Waals surface area contributed by atoms with Crippen molar-refractivity contribution in [2.45, 2.75) is 20.0 Å². The van der Waals surface area contributed by atoms with E-state index in [0.717, 1.165) is 12.0 Å². The van der Waals surface area contributed by atoms with Gasteiger partial charge in [0, 0.05) is 5.56 Å². The van der Waals surface area contributed by atoms with Crippen molar-refractivity contribution in [3.8, 4) is 0 Å². The van der Waals surface area contributed by atoms with Crippen molar-refractivity contribution in [3.63, 3.8) is 0 Å². The average molecular weight is 224 g/mol. The number of amides is 1. The fourth-order valence-corrected chi connectivity index (χ4v) is 1.19. The normalized spacial score (nSPS) is 10.1. The third kappa shape index (κ3) is 3.22. The Hall–Kier alpha value is -1.59. The highest BCUT2D eigenvalue weighted by atomic mass is 16.5. The molecule has 3 N–H and O–H groups in total. The Bertz CT molecular complexity index is 371. The van der Waals surface area contributed by atoms with Crippen LogP contribution < -0.4 is 11.3 Å². The Balaban J connectivity index is 2.56. The van der Waals surface area contributed by atoms with Gasteiger partial charge in [0.25, 0.3) is 0 Å². The highest BCUT2D eigenvalue weighted by molar-refractivity contribution is 5.91. The SMILES string of the molecule is C=CCCOCc1cc(C(=O)NN)oc1C. The second kappa shape index (κ2) is 6.09. The fourth-order valence-electron chi connectivity index (χ4n) is 1.19. The van der Waals surface area contributed by atoms with Gasteiger partial charge >= 0.3 is 5.91 Å². The van der Waals surface area contributed by atoms with Gasteiger partial charge in [-0.05, 0) is 19.4 Å². The standard InChI is InChI=1S/C11H16N2O3/c1-3-4-5-15-7-9-6-10(11(14)13-12)16-8(9)2/h3,6H,1,4-5,7,12H2,2H3,(H,13,14). The number of nitrogens with one attached hydrogen (secondary N) is 1. The molecule has 0 bridgehead atoms. The number of rotatable bonds is 6. The summed E-state index contributed by atoms with van der Waals surface area (Å²) in [7, 11) is 0. The number of hydrogen-bond acceptors (Lipinski definition) is 4. The Morgan fingerprint density at radius 2 is 2.50 bits per heavy atom. The molecule has 0 unspecified atom stereocenters. The van der Waals surface area contributed by atoms with E-state index in [1.807, 2.05) is 5.43 Å². The number of hydrogen-bond donors (Lipinski definition) is 2. The van der Waals surface area contributed by atoms with Crippen molar-refractivity contribution in [1.82, 2.24) is 5.43 Å². The van der Waals surface area contributed by atoms with Crippen molar-refractivity contribution in [1.29, 1.82) is 0 Å². The number of hydrazine groups is 1. The molecule has 0 aromatic carbocycles. The van der Waals surface area contributed by atoms with E-state index < -0.39 is 5.91 Å². The van der Waals surface area contributed by atoms with Crippen LogP contribution in [-0.2, 0) is 11.3 Å². The van der Waals surface area contributed by atoms with Crippen LogP contribution in [0.1, 0.15) is 28.3 Å². The van der Waals surface area contributed by atoms with Crippen molar-refractivity contribution < 1.29 is 13.9 Å². The maximum Gasteiger partial charge on any atom is 0.300 e. The minimum atomic E-state index is -0.444. The van der Waals surface area contributed by atoms with Crippen molar-refractivity contribution >= 4 is 5.91 Å². The van der Waals surface area contributed by atoms with E-state index in [2.05, 4.69) is 6.58 Å². The first-order valence-electron chi connectivity index (χ1n) is 4.98. The lowest BCUT2D eigenvalue weighted by Crippen LogP contribution is -2.29. The largest absolute Gasteiger partial charge is 0.456 e. The van der Waals surface area contributed by atoms with Crippen LogP contribution in [-0.4, -0.2) is 12.5 Å². The first-order chi connectivity index (χ1) is 7.69. The van der Waals surface area contributed by atoms with Crippen molar-refractivity contribution in [2.24, 2.45) is 5.84 Å². The number of aryl methyl sites for hydroxylation is 1. The molecular formula is C11H16N2O3. The molecule has 5 heteroatoms. The molecule has 0 saturated heterocycles. The highest BCUT2D eigenvalue weighted by Crippen LogP contribution is 2.15. The summed E-state index contributed by atoms with van der Waals surface area (Å²) < 4.78 is 10.6. The quantitative estimate of drug-likeness (QED) is 0.251. The molecule has 0 fully saturated rings. The molecular weight excluding hydrogens is 208 g/mol. The molecule has 5 nitrogen and oxygen atoms in total. The summed E-state index contributed by atoms with van der Waals surface area (Å²) in [5.41, 5.74) is 2.86. The predicted octanol–water partition coefficient (Wildman–Crippen LogP) is 1.28. The van der Waals surface area contributed by atoms with Gasteiger partial charge in [0.1, 0.15) is 5.76 Å². The summed E-state index contributed by atoms with van der Waals surface area (Å²) in [6, 6.07) is 1.63. The zero-order chi connectivity index (χ0) is 12.0. The van der Waals surface area contributed by atoms with Crippen LogP contribution in [0, 0.1) is 6.92 Å². The minimum Gasteiger partial charge on any atom is -0.456 e. The Kier molecular flexibility index (Phi) is 4.75. The van der Waals surface area contributed by atoms with E-state index in [9.17, 15) is 4.79 Å². The van der Waals surface area contributed by atoms with Gasteiger partial charge in [0.05, 0.1) is 13.2 Å². The van der Waals surface area contributed by atoms with Crippen molar-refractivity contribution in [3.05, 3.63) is 35.8 Å². The molecule has 0 saturated carbocycles. The number of furan rings is 1. The van der Waals surface area contributed by atoms with Gasteiger partial charge in [-0.3, -0.25) is 10.2 Å². The third-order valence-electron chi connectivity index (χ3n) is 2.10. The van der Waals surface area contributed by atoms with Crippen molar-refractivity contribution in [2.75, 3.05) is 6.61 Å². The fraction of sp³-hybridized carbons (Fsp3) is 0.364. The van der Waals surface area contributed by atoms with Gasteiger partial charge in [0.2, 0.25) is 0 Å². The van der Waals surface area contributed by atoms with Crippen LogP contribution in [0.4, 0.5) is 0 Å². The molecule has 1 aromatic rings. The smallest absolute Gasteiger partial charge is 0.300 e. The molecule has 0 radical (unpaired) electrons. The van der Waals surface area contributed by atoms with E-state index in [-0.39, 0.29) is 5.76 Å². The molecule has 0 spiro atoms. The van der Waals surface area contributed by atoms with Crippen LogP contribution in [0.2, 0.25) is 0 Å². The molecule has 0 aliphatic carbocycles. The van der Waals surface area contributed by atoms with Crippen LogP contribution in [0.25, 0.3) is 0 Å². The topological polar surface area (TPSA) is 77.5 Å². The first-order valence-corrected chi connectivity index (χ1v) is 4.98. The Labute approximate surface area is 94.2 Å². The van der Waals surface area contributed by atoms with E-state index in [1.54, 1.807) is 19.1 Å². The lowest BCUT2D eigenvalue weighted by molar-refractivity contribution is 0.0924. The van der Waals surface area contributed by atoms with E-state index in [4.69, 9.17) is 15.0 Å². The number of carbonyl (C=O) groups is 1. The second-order valence-corrected chi connectivity index (χ2v) is 3.30. The first kappa shape index (κ1) is 12.5. The zero-order valence-electron chi connectivity index (χ0n) is 9.29. The summed E-state index contributed by atoms with van der Waals surface area (Å²) in [4.78, 5) is 11.2. The zero-order valence-corrected chi connectivity index (χ0v) is 9.29. The van der Waals surface area contributed by atoms with Crippen LogP contribution in [0.3, 0.4) is 0 Å². The molecule has 1 rings (SSSR count). The molecule has 16 heavy (non-hydrogen) atoms. The summed E-state index contributed by atoms with van der Waals surface area (Å²) >= 11 is 0. The van der Waals surface area contributed by atoms with Gasteiger partial charge in [-0.15, -0.1) is 6.58 Å². The highest BCUT2D eigenvalue weighted by Gasteiger charge is 2.12.